The van der Waals surface area contributed by atoms with Crippen LogP contribution in [-0.2, 0) is 9.53 Å². The maximum Gasteiger partial charge on any atom is 0.411 e. The van der Waals surface area contributed by atoms with E-state index in [0.717, 1.165) is 25.7 Å². The number of rotatable bonds is 6. The molecule has 3 nitrogen and oxygen atoms in total. The minimum absolute atomic E-state index is 0.0332. The van der Waals surface area contributed by atoms with Crippen LogP contribution in [0.5, 0.6) is 0 Å². The minimum Gasteiger partial charge on any atom is -0.481 e. The lowest BCUT2D eigenvalue weighted by molar-refractivity contribution is -0.174. The molecular formula is C13H21F3O3. The van der Waals surface area contributed by atoms with Gasteiger partial charge in [-0.1, -0.05) is 25.7 Å². The second-order valence-corrected chi connectivity index (χ2v) is 5.27. The van der Waals surface area contributed by atoms with E-state index in [-0.39, 0.29) is 6.61 Å². The van der Waals surface area contributed by atoms with Crippen LogP contribution >= 0.6 is 0 Å². The van der Waals surface area contributed by atoms with E-state index >= 15 is 0 Å². The first-order valence-corrected chi connectivity index (χ1v) is 6.74. The number of ether oxygens (including phenoxy) is 1. The van der Waals surface area contributed by atoms with E-state index in [4.69, 9.17) is 0 Å². The van der Waals surface area contributed by atoms with Gasteiger partial charge >= 0.3 is 12.1 Å². The summed E-state index contributed by atoms with van der Waals surface area (Å²) in [6, 6.07) is 0. The zero-order chi connectivity index (χ0) is 14.4. The zero-order valence-electron chi connectivity index (χ0n) is 11.0. The predicted molar refractivity (Wildman–Crippen MR) is 63.9 cm³/mol. The van der Waals surface area contributed by atoms with Gasteiger partial charge in [-0.25, -0.2) is 0 Å². The molecule has 1 aliphatic carbocycles. The normalized spacial score (nSPS) is 19.9. The van der Waals surface area contributed by atoms with E-state index < -0.39 is 24.2 Å². The molecule has 1 fully saturated rings. The molecule has 0 aromatic heterocycles. The molecule has 0 atom stereocenters. The van der Waals surface area contributed by atoms with Crippen LogP contribution in [0.4, 0.5) is 13.2 Å². The summed E-state index contributed by atoms with van der Waals surface area (Å²) in [5, 5.41) is 9.38. The van der Waals surface area contributed by atoms with Gasteiger partial charge in [0.25, 0.3) is 0 Å². The van der Waals surface area contributed by atoms with Crippen LogP contribution in [0.3, 0.4) is 0 Å². The van der Waals surface area contributed by atoms with Gasteiger partial charge in [0.15, 0.2) is 0 Å². The zero-order valence-corrected chi connectivity index (χ0v) is 11.0. The van der Waals surface area contributed by atoms with Crippen molar-refractivity contribution in [2.24, 2.45) is 5.41 Å². The Labute approximate surface area is 111 Å². The molecule has 1 aliphatic rings. The number of carboxylic acids is 1. The van der Waals surface area contributed by atoms with Gasteiger partial charge in [-0.3, -0.25) is 4.79 Å². The van der Waals surface area contributed by atoms with Crippen molar-refractivity contribution in [2.45, 2.75) is 57.5 Å². The third-order valence-electron chi connectivity index (χ3n) is 3.72. The Balaban J connectivity index is 2.35. The number of hydrogen-bond acceptors (Lipinski definition) is 2. The minimum atomic E-state index is -4.31. The fraction of sp³-hybridized carbons (Fsp3) is 0.923. The molecule has 0 bridgehead atoms. The molecule has 112 valence electrons. The molecule has 19 heavy (non-hydrogen) atoms. The van der Waals surface area contributed by atoms with E-state index in [1.165, 1.54) is 0 Å². The van der Waals surface area contributed by atoms with E-state index in [1.807, 2.05) is 0 Å². The van der Waals surface area contributed by atoms with Crippen LogP contribution in [0.15, 0.2) is 0 Å². The largest absolute Gasteiger partial charge is 0.481 e. The molecule has 0 aliphatic heterocycles. The Morgan fingerprint density at radius 3 is 2.21 bits per heavy atom. The molecule has 1 N–H and O–H groups in total. The molecule has 0 aromatic rings. The summed E-state index contributed by atoms with van der Waals surface area (Å²) in [6.45, 7) is -1.29. The lowest BCUT2D eigenvalue weighted by Gasteiger charge is -2.28. The highest BCUT2D eigenvalue weighted by atomic mass is 19.4. The third kappa shape index (κ3) is 5.80. The monoisotopic (exact) mass is 282 g/mol. The van der Waals surface area contributed by atoms with Crippen LogP contribution in [0.2, 0.25) is 0 Å². The third-order valence-corrected chi connectivity index (χ3v) is 3.72. The van der Waals surface area contributed by atoms with Gasteiger partial charge in [-0.2, -0.15) is 13.2 Å². The van der Waals surface area contributed by atoms with Crippen LogP contribution in [0, 0.1) is 5.41 Å². The van der Waals surface area contributed by atoms with Gasteiger partial charge in [-0.05, 0) is 25.7 Å². The van der Waals surface area contributed by atoms with Crippen molar-refractivity contribution in [3.63, 3.8) is 0 Å². The Morgan fingerprint density at radius 1 is 1.16 bits per heavy atom. The number of carbonyl (C=O) groups is 1. The summed E-state index contributed by atoms with van der Waals surface area (Å²) >= 11 is 0. The Hall–Kier alpha value is -0.780. The van der Waals surface area contributed by atoms with Crippen molar-refractivity contribution in [3.8, 4) is 0 Å². The first kappa shape index (κ1) is 16.3. The van der Waals surface area contributed by atoms with Crippen molar-refractivity contribution < 1.29 is 27.8 Å². The summed E-state index contributed by atoms with van der Waals surface area (Å²) < 4.78 is 40.2. The Morgan fingerprint density at radius 2 is 1.74 bits per heavy atom. The number of halogens is 3. The first-order chi connectivity index (χ1) is 8.86. The van der Waals surface area contributed by atoms with Crippen molar-refractivity contribution in [2.75, 3.05) is 13.2 Å². The maximum atomic E-state index is 11.9. The van der Waals surface area contributed by atoms with Gasteiger partial charge in [0.2, 0.25) is 0 Å². The summed E-state index contributed by atoms with van der Waals surface area (Å²) in [5.74, 6) is -0.815. The maximum absolute atomic E-state index is 11.9. The molecule has 1 saturated carbocycles. The van der Waals surface area contributed by atoms with Crippen LogP contribution < -0.4 is 0 Å². The van der Waals surface area contributed by atoms with E-state index in [9.17, 15) is 23.1 Å². The summed E-state index contributed by atoms with van der Waals surface area (Å²) in [7, 11) is 0. The Bertz CT molecular complexity index is 281. The molecule has 0 aromatic carbocycles. The van der Waals surface area contributed by atoms with Crippen molar-refractivity contribution in [1.82, 2.24) is 0 Å². The highest BCUT2D eigenvalue weighted by Gasteiger charge is 2.38. The van der Waals surface area contributed by atoms with E-state index in [1.54, 1.807) is 0 Å². The standard InChI is InChI=1S/C13H21F3O3/c14-13(15,16)10-19-9-5-8-12(11(17)18)6-3-1-2-4-7-12/h1-10H2,(H,17,18). The fourth-order valence-corrected chi connectivity index (χ4v) is 2.68. The average Bonchev–Trinajstić information content (AvgIpc) is 2.53. The summed E-state index contributed by atoms with van der Waals surface area (Å²) in [4.78, 5) is 11.4. The fourth-order valence-electron chi connectivity index (χ4n) is 2.68. The number of alkyl halides is 3. The lowest BCUT2D eigenvalue weighted by Crippen LogP contribution is -2.31. The van der Waals surface area contributed by atoms with Gasteiger partial charge < -0.3 is 9.84 Å². The predicted octanol–water partition coefficient (Wildman–Crippen LogP) is 3.77. The molecule has 0 heterocycles. The highest BCUT2D eigenvalue weighted by molar-refractivity contribution is 5.74. The van der Waals surface area contributed by atoms with Crippen LogP contribution in [0.1, 0.15) is 51.4 Å². The Kier molecular flexibility index (Phi) is 6.10. The number of carboxylic acid groups (broad SMARTS) is 1. The van der Waals surface area contributed by atoms with Gasteiger partial charge in [-0.15, -0.1) is 0 Å². The quantitative estimate of drug-likeness (QED) is 0.596. The SMILES string of the molecule is O=C(O)C1(CCCOCC(F)(F)F)CCCCCC1. The van der Waals surface area contributed by atoms with Crippen molar-refractivity contribution in [3.05, 3.63) is 0 Å². The molecule has 0 radical (unpaired) electrons. The summed E-state index contributed by atoms with van der Waals surface area (Å²) in [6.07, 6.45) is 1.56. The van der Waals surface area contributed by atoms with Gasteiger partial charge in [0.05, 0.1) is 5.41 Å². The molecular weight excluding hydrogens is 261 g/mol. The smallest absolute Gasteiger partial charge is 0.411 e. The van der Waals surface area contributed by atoms with Gasteiger partial charge in [0, 0.05) is 6.61 Å². The van der Waals surface area contributed by atoms with E-state index in [2.05, 4.69) is 4.74 Å². The highest BCUT2D eigenvalue weighted by Crippen LogP contribution is 2.39. The second-order valence-electron chi connectivity index (χ2n) is 5.27. The molecule has 0 saturated heterocycles. The number of hydrogen-bond donors (Lipinski definition) is 1. The lowest BCUT2D eigenvalue weighted by atomic mass is 9.76. The van der Waals surface area contributed by atoms with Crippen molar-refractivity contribution >= 4 is 5.97 Å². The number of aliphatic carboxylic acids is 1. The van der Waals surface area contributed by atoms with Crippen molar-refractivity contribution in [1.29, 1.82) is 0 Å². The second kappa shape index (κ2) is 7.12. The van der Waals surface area contributed by atoms with Crippen LogP contribution in [0.25, 0.3) is 0 Å². The molecule has 6 heteroatoms. The molecule has 0 spiro atoms. The molecule has 0 unspecified atom stereocenters. The van der Waals surface area contributed by atoms with Crippen LogP contribution in [-0.4, -0.2) is 30.5 Å². The average molecular weight is 282 g/mol. The molecule has 0 amide bonds. The topological polar surface area (TPSA) is 46.5 Å². The molecule has 1 rings (SSSR count). The summed E-state index contributed by atoms with van der Waals surface area (Å²) in [5.41, 5.74) is -0.752. The van der Waals surface area contributed by atoms with Gasteiger partial charge in [0.1, 0.15) is 6.61 Å². The van der Waals surface area contributed by atoms with E-state index in [0.29, 0.717) is 25.7 Å². The first-order valence-electron chi connectivity index (χ1n) is 6.74.